The van der Waals surface area contributed by atoms with Crippen LogP contribution in [0.25, 0.3) is 0 Å². The summed E-state index contributed by atoms with van der Waals surface area (Å²) in [6.45, 7) is 1.25. The number of rotatable bonds is 3. The Bertz CT molecular complexity index is 599. The van der Waals surface area contributed by atoms with Crippen molar-refractivity contribution in [2.45, 2.75) is 25.4 Å². The van der Waals surface area contributed by atoms with E-state index in [1.54, 1.807) is 10.7 Å². The summed E-state index contributed by atoms with van der Waals surface area (Å²) < 4.78 is 20.6. The molecule has 1 N–H and O–H groups in total. The van der Waals surface area contributed by atoms with Gasteiger partial charge in [0.1, 0.15) is 23.7 Å². The number of ether oxygens (including phenoxy) is 1. The van der Waals surface area contributed by atoms with Gasteiger partial charge in [-0.05, 0) is 18.9 Å². The van der Waals surface area contributed by atoms with Crippen LogP contribution < -0.4 is 10.1 Å². The largest absolute Gasteiger partial charge is 0.493 e. The Morgan fingerprint density at radius 3 is 3.20 bits per heavy atom. The second-order valence-electron chi connectivity index (χ2n) is 4.91. The minimum atomic E-state index is -0.266. The molecule has 0 spiro atoms. The van der Waals surface area contributed by atoms with E-state index in [0.717, 1.165) is 24.2 Å². The third-order valence-electron chi connectivity index (χ3n) is 3.56. The Labute approximate surface area is 116 Å². The lowest BCUT2D eigenvalue weighted by Crippen LogP contribution is -2.22. The van der Waals surface area contributed by atoms with Crippen LogP contribution in [0.2, 0.25) is 0 Å². The minimum absolute atomic E-state index is 0.143. The van der Waals surface area contributed by atoms with E-state index in [1.807, 2.05) is 7.05 Å². The summed E-state index contributed by atoms with van der Waals surface area (Å²) in [6, 6.07) is 4.87. The molecule has 1 unspecified atom stereocenters. The molecule has 3 rings (SSSR count). The summed E-state index contributed by atoms with van der Waals surface area (Å²) in [5.74, 6) is 1.24. The third kappa shape index (κ3) is 2.65. The second kappa shape index (κ2) is 5.58. The second-order valence-corrected chi connectivity index (χ2v) is 4.91. The Morgan fingerprint density at radius 2 is 2.40 bits per heavy atom. The summed E-state index contributed by atoms with van der Waals surface area (Å²) >= 11 is 0. The average Bonchev–Trinajstić information content (AvgIpc) is 2.73. The highest BCUT2D eigenvalue weighted by atomic mass is 19.1. The molecule has 0 amide bonds. The molecule has 1 aliphatic rings. The Kier molecular flexibility index (Phi) is 3.64. The molecule has 20 heavy (non-hydrogen) atoms. The minimum Gasteiger partial charge on any atom is -0.493 e. The first-order valence-electron chi connectivity index (χ1n) is 6.72. The average molecular weight is 276 g/mol. The first-order valence-corrected chi connectivity index (χ1v) is 6.72. The summed E-state index contributed by atoms with van der Waals surface area (Å²) in [5.41, 5.74) is 1.01. The van der Waals surface area contributed by atoms with Crippen LogP contribution in [0.5, 0.6) is 5.75 Å². The molecular formula is C14H17FN4O. The molecule has 1 atom stereocenters. The fourth-order valence-electron chi connectivity index (χ4n) is 2.45. The van der Waals surface area contributed by atoms with Crippen molar-refractivity contribution in [1.82, 2.24) is 20.1 Å². The molecule has 0 radical (unpaired) electrons. The van der Waals surface area contributed by atoms with Crippen LogP contribution in [0.15, 0.2) is 24.5 Å². The van der Waals surface area contributed by atoms with E-state index in [9.17, 15) is 4.39 Å². The van der Waals surface area contributed by atoms with Crippen molar-refractivity contribution in [2.24, 2.45) is 7.05 Å². The highest BCUT2D eigenvalue weighted by Crippen LogP contribution is 2.32. The number of nitrogens with one attached hydrogen (secondary N) is 1. The maximum absolute atomic E-state index is 13.3. The van der Waals surface area contributed by atoms with Gasteiger partial charge in [0.25, 0.3) is 0 Å². The number of aromatic nitrogens is 3. The normalized spacial score (nSPS) is 18.2. The zero-order valence-corrected chi connectivity index (χ0v) is 11.3. The van der Waals surface area contributed by atoms with Gasteiger partial charge in [-0.25, -0.2) is 9.37 Å². The van der Waals surface area contributed by atoms with Crippen molar-refractivity contribution in [2.75, 3.05) is 6.61 Å². The van der Waals surface area contributed by atoms with E-state index in [0.29, 0.717) is 18.9 Å². The number of hydrogen-bond acceptors (Lipinski definition) is 4. The van der Waals surface area contributed by atoms with E-state index in [2.05, 4.69) is 15.4 Å². The molecular weight excluding hydrogens is 259 g/mol. The Morgan fingerprint density at radius 1 is 1.50 bits per heavy atom. The number of aryl methyl sites for hydroxylation is 1. The molecule has 0 bridgehead atoms. The zero-order chi connectivity index (χ0) is 13.9. The standard InChI is InChI=1S/C14H17FN4O/c1-19-14(17-9-18-19)8-16-12-3-2-6-20-13-7-10(15)4-5-11(12)13/h4-5,7,9,12,16H,2-3,6,8H2,1H3. The van der Waals surface area contributed by atoms with Crippen molar-refractivity contribution >= 4 is 0 Å². The molecule has 0 aliphatic carbocycles. The lowest BCUT2D eigenvalue weighted by Gasteiger charge is -2.18. The van der Waals surface area contributed by atoms with Gasteiger partial charge in [-0.1, -0.05) is 6.07 Å². The number of hydrogen-bond donors (Lipinski definition) is 1. The van der Waals surface area contributed by atoms with E-state index < -0.39 is 0 Å². The molecule has 2 heterocycles. The highest BCUT2D eigenvalue weighted by molar-refractivity contribution is 5.37. The molecule has 0 fully saturated rings. The van der Waals surface area contributed by atoms with Crippen LogP contribution in [0.4, 0.5) is 4.39 Å². The number of halogens is 1. The van der Waals surface area contributed by atoms with Crippen LogP contribution >= 0.6 is 0 Å². The predicted octanol–water partition coefficient (Wildman–Crippen LogP) is 1.96. The van der Waals surface area contributed by atoms with E-state index in [1.165, 1.54) is 18.5 Å². The van der Waals surface area contributed by atoms with Crippen molar-refractivity contribution in [3.05, 3.63) is 41.7 Å². The third-order valence-corrected chi connectivity index (χ3v) is 3.56. The number of benzene rings is 1. The van der Waals surface area contributed by atoms with Crippen molar-refractivity contribution in [3.63, 3.8) is 0 Å². The lowest BCUT2D eigenvalue weighted by molar-refractivity contribution is 0.313. The first kappa shape index (κ1) is 13.1. The Hall–Kier alpha value is -1.95. The van der Waals surface area contributed by atoms with E-state index in [-0.39, 0.29) is 11.9 Å². The van der Waals surface area contributed by atoms with Crippen molar-refractivity contribution in [3.8, 4) is 5.75 Å². The van der Waals surface area contributed by atoms with Gasteiger partial charge in [0.05, 0.1) is 13.2 Å². The van der Waals surface area contributed by atoms with Gasteiger partial charge in [-0.15, -0.1) is 0 Å². The summed E-state index contributed by atoms with van der Waals surface area (Å²) in [4.78, 5) is 4.19. The summed E-state index contributed by atoms with van der Waals surface area (Å²) in [5, 5.41) is 7.50. The quantitative estimate of drug-likeness (QED) is 0.931. The van der Waals surface area contributed by atoms with Gasteiger partial charge in [0.2, 0.25) is 0 Å². The van der Waals surface area contributed by atoms with Gasteiger partial charge in [0, 0.05) is 24.7 Å². The van der Waals surface area contributed by atoms with Crippen LogP contribution in [0.3, 0.4) is 0 Å². The van der Waals surface area contributed by atoms with Gasteiger partial charge in [0.15, 0.2) is 0 Å². The fraction of sp³-hybridized carbons (Fsp3) is 0.429. The highest BCUT2D eigenvalue weighted by Gasteiger charge is 2.20. The molecule has 6 heteroatoms. The van der Waals surface area contributed by atoms with Crippen LogP contribution in [-0.4, -0.2) is 21.4 Å². The van der Waals surface area contributed by atoms with Crippen LogP contribution in [-0.2, 0) is 13.6 Å². The molecule has 5 nitrogen and oxygen atoms in total. The van der Waals surface area contributed by atoms with Crippen molar-refractivity contribution in [1.29, 1.82) is 0 Å². The molecule has 1 aliphatic heterocycles. The molecule has 2 aromatic rings. The smallest absolute Gasteiger partial charge is 0.140 e. The van der Waals surface area contributed by atoms with Crippen LogP contribution in [0.1, 0.15) is 30.3 Å². The van der Waals surface area contributed by atoms with Gasteiger partial charge < -0.3 is 10.1 Å². The number of nitrogens with zero attached hydrogens (tertiary/aromatic N) is 3. The topological polar surface area (TPSA) is 52.0 Å². The van der Waals surface area contributed by atoms with Gasteiger partial charge >= 0.3 is 0 Å². The summed E-state index contributed by atoms with van der Waals surface area (Å²) in [7, 11) is 1.86. The van der Waals surface area contributed by atoms with E-state index >= 15 is 0 Å². The molecule has 1 aromatic heterocycles. The van der Waals surface area contributed by atoms with Crippen molar-refractivity contribution < 1.29 is 9.13 Å². The molecule has 106 valence electrons. The number of fused-ring (bicyclic) bond motifs is 1. The molecule has 0 saturated carbocycles. The zero-order valence-electron chi connectivity index (χ0n) is 11.3. The SMILES string of the molecule is Cn1ncnc1CNC1CCCOc2cc(F)ccc21. The molecule has 1 aromatic carbocycles. The predicted molar refractivity (Wildman–Crippen MR) is 71.7 cm³/mol. The lowest BCUT2D eigenvalue weighted by atomic mass is 10.0. The maximum atomic E-state index is 13.3. The molecule has 0 saturated heterocycles. The van der Waals surface area contributed by atoms with Gasteiger partial charge in [-0.2, -0.15) is 5.10 Å². The van der Waals surface area contributed by atoms with E-state index in [4.69, 9.17) is 4.74 Å². The Balaban J connectivity index is 1.78. The summed E-state index contributed by atoms with van der Waals surface area (Å²) in [6.07, 6.45) is 3.43. The van der Waals surface area contributed by atoms with Crippen LogP contribution in [0, 0.1) is 5.82 Å². The maximum Gasteiger partial charge on any atom is 0.140 e. The fourth-order valence-corrected chi connectivity index (χ4v) is 2.45. The van der Waals surface area contributed by atoms with Gasteiger partial charge in [-0.3, -0.25) is 4.68 Å². The monoisotopic (exact) mass is 276 g/mol. The first-order chi connectivity index (χ1) is 9.74.